The molecule has 2 rings (SSSR count). The smallest absolute Gasteiger partial charge is 0.134 e. The summed E-state index contributed by atoms with van der Waals surface area (Å²) < 4.78 is 5.80. The Kier molecular flexibility index (Phi) is 6.63. The summed E-state index contributed by atoms with van der Waals surface area (Å²) in [5.41, 5.74) is 1.54. The number of benzene rings is 1. The Morgan fingerprint density at radius 2 is 1.77 bits per heavy atom. The number of aliphatic hydroxyl groups excluding tert-OH is 2. The number of furan rings is 1. The van der Waals surface area contributed by atoms with Crippen molar-refractivity contribution in [2.45, 2.75) is 39.0 Å². The van der Waals surface area contributed by atoms with Gasteiger partial charge in [0, 0.05) is 11.1 Å². The first-order valence-electron chi connectivity index (χ1n) is 7.14. The summed E-state index contributed by atoms with van der Waals surface area (Å²) in [6.45, 7) is 6.26. The van der Waals surface area contributed by atoms with Gasteiger partial charge in [0.15, 0.2) is 0 Å². The Labute approximate surface area is 137 Å². The maximum Gasteiger partial charge on any atom is 0.134 e. The Morgan fingerprint density at radius 3 is 2.32 bits per heavy atom. The fourth-order valence-electron chi connectivity index (χ4n) is 1.94. The third-order valence-corrected chi connectivity index (χ3v) is 3.48. The first-order chi connectivity index (χ1) is 9.91. The van der Waals surface area contributed by atoms with Crippen LogP contribution in [0.4, 0.5) is 0 Å². The fourth-order valence-corrected chi connectivity index (χ4v) is 1.94. The van der Waals surface area contributed by atoms with E-state index in [1.165, 1.54) is 0 Å². The zero-order valence-corrected chi connectivity index (χ0v) is 14.0. The van der Waals surface area contributed by atoms with E-state index in [0.29, 0.717) is 6.54 Å². The normalized spacial score (nSPS) is 12.8. The van der Waals surface area contributed by atoms with Crippen LogP contribution in [0.5, 0.6) is 0 Å². The van der Waals surface area contributed by atoms with E-state index in [4.69, 9.17) is 4.42 Å². The summed E-state index contributed by atoms with van der Waals surface area (Å²) in [4.78, 5) is 0. The molecule has 1 atom stereocenters. The van der Waals surface area contributed by atoms with Crippen molar-refractivity contribution in [1.82, 2.24) is 5.32 Å². The minimum absolute atomic E-state index is 0. The molecule has 0 fully saturated rings. The van der Waals surface area contributed by atoms with E-state index in [1.54, 1.807) is 6.92 Å². The summed E-state index contributed by atoms with van der Waals surface area (Å²) >= 11 is 0. The van der Waals surface area contributed by atoms with Gasteiger partial charge in [-0.3, -0.25) is 0 Å². The van der Waals surface area contributed by atoms with Crippen LogP contribution in [0, 0.1) is 0 Å². The van der Waals surface area contributed by atoms with Gasteiger partial charge in [-0.25, -0.2) is 0 Å². The fraction of sp³-hybridized carbons (Fsp3) is 0.412. The molecule has 0 radical (unpaired) electrons. The van der Waals surface area contributed by atoms with Crippen LogP contribution in [-0.4, -0.2) is 22.4 Å². The molecular weight excluding hydrogens is 302 g/mol. The number of hydrogen-bond acceptors (Lipinski definition) is 4. The van der Waals surface area contributed by atoms with Crippen LogP contribution in [0.3, 0.4) is 0 Å². The SMILES string of the molecule is CC(O)c1ccc(-c2ccc(CNC(C)(C)CO)o2)cc1.Cl. The summed E-state index contributed by atoms with van der Waals surface area (Å²) in [7, 11) is 0. The predicted molar refractivity (Wildman–Crippen MR) is 90.0 cm³/mol. The van der Waals surface area contributed by atoms with E-state index in [-0.39, 0.29) is 24.6 Å². The lowest BCUT2D eigenvalue weighted by Crippen LogP contribution is -2.41. The van der Waals surface area contributed by atoms with Crippen LogP contribution in [0.2, 0.25) is 0 Å². The lowest BCUT2D eigenvalue weighted by Gasteiger charge is -2.22. The maximum absolute atomic E-state index is 9.51. The molecule has 0 saturated carbocycles. The van der Waals surface area contributed by atoms with Crippen molar-refractivity contribution in [3.05, 3.63) is 47.7 Å². The highest BCUT2D eigenvalue weighted by Gasteiger charge is 2.16. The molecule has 0 amide bonds. The highest BCUT2D eigenvalue weighted by Crippen LogP contribution is 2.24. The summed E-state index contributed by atoms with van der Waals surface area (Å²) in [6, 6.07) is 11.5. The molecule has 0 aliphatic rings. The standard InChI is InChI=1S/C17H23NO3.ClH/c1-12(20)13-4-6-14(7-5-13)16-9-8-15(21-16)10-18-17(2,3)11-19;/h4-9,12,18-20H,10-11H2,1-3H3;1H. The van der Waals surface area contributed by atoms with Gasteiger partial charge in [0.05, 0.1) is 19.3 Å². The van der Waals surface area contributed by atoms with Gasteiger partial charge >= 0.3 is 0 Å². The second-order valence-electron chi connectivity index (χ2n) is 5.96. The van der Waals surface area contributed by atoms with Crippen molar-refractivity contribution in [2.75, 3.05) is 6.61 Å². The average Bonchev–Trinajstić information content (AvgIpc) is 2.94. The minimum Gasteiger partial charge on any atom is -0.460 e. The Bertz CT molecular complexity index is 576. The highest BCUT2D eigenvalue weighted by atomic mass is 35.5. The largest absolute Gasteiger partial charge is 0.460 e. The first-order valence-corrected chi connectivity index (χ1v) is 7.14. The van der Waals surface area contributed by atoms with Gasteiger partial charge in [-0.15, -0.1) is 12.4 Å². The maximum atomic E-state index is 9.51. The Morgan fingerprint density at radius 1 is 1.14 bits per heavy atom. The topological polar surface area (TPSA) is 65.6 Å². The van der Waals surface area contributed by atoms with E-state index in [1.807, 2.05) is 50.2 Å². The molecule has 122 valence electrons. The molecular formula is C17H24ClNO3. The number of aliphatic hydroxyl groups is 2. The van der Waals surface area contributed by atoms with Crippen LogP contribution in [0.1, 0.15) is 38.2 Å². The second kappa shape index (κ2) is 7.79. The zero-order valence-electron chi connectivity index (χ0n) is 13.2. The summed E-state index contributed by atoms with van der Waals surface area (Å²) in [5, 5.41) is 22.0. The predicted octanol–water partition coefficient (Wildman–Crippen LogP) is 3.28. The first kappa shape index (κ1) is 18.7. The van der Waals surface area contributed by atoms with Crippen molar-refractivity contribution in [1.29, 1.82) is 0 Å². The quantitative estimate of drug-likeness (QED) is 0.762. The molecule has 22 heavy (non-hydrogen) atoms. The third kappa shape index (κ3) is 4.85. The molecule has 0 saturated heterocycles. The van der Waals surface area contributed by atoms with Gasteiger partial charge in [0.1, 0.15) is 11.5 Å². The molecule has 0 aliphatic carbocycles. The monoisotopic (exact) mass is 325 g/mol. The van der Waals surface area contributed by atoms with Crippen LogP contribution in [-0.2, 0) is 6.54 Å². The van der Waals surface area contributed by atoms with E-state index < -0.39 is 6.10 Å². The molecule has 4 nitrogen and oxygen atoms in total. The van der Waals surface area contributed by atoms with Gasteiger partial charge in [0.25, 0.3) is 0 Å². The molecule has 5 heteroatoms. The molecule has 3 N–H and O–H groups in total. The van der Waals surface area contributed by atoms with E-state index >= 15 is 0 Å². The Hall–Kier alpha value is -1.33. The van der Waals surface area contributed by atoms with Gasteiger partial charge in [-0.2, -0.15) is 0 Å². The lowest BCUT2D eigenvalue weighted by atomic mass is 10.1. The number of halogens is 1. The van der Waals surface area contributed by atoms with Crippen LogP contribution in [0.15, 0.2) is 40.8 Å². The Balaban J connectivity index is 0.00000242. The minimum atomic E-state index is -0.462. The second-order valence-corrected chi connectivity index (χ2v) is 5.96. The van der Waals surface area contributed by atoms with E-state index in [0.717, 1.165) is 22.6 Å². The van der Waals surface area contributed by atoms with Gasteiger partial charge in [-0.1, -0.05) is 24.3 Å². The molecule has 1 aromatic carbocycles. The van der Waals surface area contributed by atoms with Gasteiger partial charge in [0.2, 0.25) is 0 Å². The van der Waals surface area contributed by atoms with Crippen LogP contribution >= 0.6 is 12.4 Å². The van der Waals surface area contributed by atoms with Crippen LogP contribution < -0.4 is 5.32 Å². The number of hydrogen-bond donors (Lipinski definition) is 3. The average molecular weight is 326 g/mol. The van der Waals surface area contributed by atoms with Gasteiger partial charge < -0.3 is 19.9 Å². The molecule has 1 heterocycles. The van der Waals surface area contributed by atoms with Crippen molar-refractivity contribution >= 4 is 12.4 Å². The molecule has 1 aromatic heterocycles. The molecule has 0 spiro atoms. The summed E-state index contributed by atoms with van der Waals surface area (Å²) in [6.07, 6.45) is -0.462. The lowest BCUT2D eigenvalue weighted by molar-refractivity contribution is 0.184. The van der Waals surface area contributed by atoms with Crippen molar-refractivity contribution in [2.24, 2.45) is 0 Å². The van der Waals surface area contributed by atoms with Crippen molar-refractivity contribution in [3.63, 3.8) is 0 Å². The molecule has 0 aliphatic heterocycles. The summed E-state index contributed by atoms with van der Waals surface area (Å²) in [5.74, 6) is 1.62. The van der Waals surface area contributed by atoms with Crippen molar-refractivity contribution < 1.29 is 14.6 Å². The molecule has 2 aromatic rings. The molecule has 1 unspecified atom stereocenters. The zero-order chi connectivity index (χ0) is 15.5. The van der Waals surface area contributed by atoms with Crippen LogP contribution in [0.25, 0.3) is 11.3 Å². The number of rotatable bonds is 6. The van der Waals surface area contributed by atoms with E-state index in [2.05, 4.69) is 5.32 Å². The molecule has 0 bridgehead atoms. The number of nitrogens with one attached hydrogen (secondary N) is 1. The third-order valence-electron chi connectivity index (χ3n) is 3.48. The van der Waals surface area contributed by atoms with E-state index in [9.17, 15) is 10.2 Å². The van der Waals surface area contributed by atoms with Gasteiger partial charge in [-0.05, 0) is 38.5 Å². The van der Waals surface area contributed by atoms with Crippen molar-refractivity contribution in [3.8, 4) is 11.3 Å². The highest BCUT2D eigenvalue weighted by molar-refractivity contribution is 5.85.